The molecule has 2 aromatic carbocycles. The standard InChI is InChI=1S/C22H23N3O3/c1-22(2,3)18-14-19(25-28-18)24-20(26)13-15-9-11-16(12-10-15)21(27)23-17-7-5-4-6-8-17/h4-12,14H,13H2,1-3H3,(H,23,27)(H,24,25,26). The van der Waals surface area contributed by atoms with E-state index in [4.69, 9.17) is 4.52 Å². The van der Waals surface area contributed by atoms with Gasteiger partial charge in [-0.2, -0.15) is 0 Å². The van der Waals surface area contributed by atoms with E-state index in [1.54, 1.807) is 30.3 Å². The Kier molecular flexibility index (Phi) is 5.59. The van der Waals surface area contributed by atoms with Crippen LogP contribution >= 0.6 is 0 Å². The molecule has 2 amide bonds. The van der Waals surface area contributed by atoms with E-state index in [1.807, 2.05) is 51.1 Å². The predicted molar refractivity (Wildman–Crippen MR) is 108 cm³/mol. The Balaban J connectivity index is 1.57. The molecule has 0 unspecified atom stereocenters. The van der Waals surface area contributed by atoms with Crippen molar-refractivity contribution < 1.29 is 14.1 Å². The van der Waals surface area contributed by atoms with E-state index in [-0.39, 0.29) is 23.7 Å². The Morgan fingerprint density at radius 1 is 0.964 bits per heavy atom. The van der Waals surface area contributed by atoms with Crippen molar-refractivity contribution in [3.8, 4) is 0 Å². The SMILES string of the molecule is CC(C)(C)c1cc(NC(=O)Cc2ccc(C(=O)Nc3ccccc3)cc2)no1. The maximum absolute atomic E-state index is 12.3. The molecule has 1 aromatic heterocycles. The molecule has 0 aliphatic rings. The van der Waals surface area contributed by atoms with E-state index in [0.717, 1.165) is 11.3 Å². The highest BCUT2D eigenvalue weighted by Gasteiger charge is 2.20. The van der Waals surface area contributed by atoms with Gasteiger partial charge in [0.25, 0.3) is 5.91 Å². The minimum absolute atomic E-state index is 0.174. The van der Waals surface area contributed by atoms with E-state index in [9.17, 15) is 9.59 Å². The van der Waals surface area contributed by atoms with Crippen molar-refractivity contribution in [1.82, 2.24) is 5.16 Å². The molecule has 0 bridgehead atoms. The molecule has 144 valence electrons. The van der Waals surface area contributed by atoms with Crippen molar-refractivity contribution in [1.29, 1.82) is 0 Å². The molecule has 0 aliphatic carbocycles. The summed E-state index contributed by atoms with van der Waals surface area (Å²) in [7, 11) is 0. The lowest BCUT2D eigenvalue weighted by molar-refractivity contribution is -0.115. The molecule has 0 spiro atoms. The zero-order valence-corrected chi connectivity index (χ0v) is 16.2. The summed E-state index contributed by atoms with van der Waals surface area (Å²) in [4.78, 5) is 24.5. The predicted octanol–water partition coefficient (Wildman–Crippen LogP) is 4.41. The zero-order valence-electron chi connectivity index (χ0n) is 16.2. The lowest BCUT2D eigenvalue weighted by Crippen LogP contribution is -2.15. The molecule has 0 saturated heterocycles. The number of para-hydroxylation sites is 1. The monoisotopic (exact) mass is 377 g/mol. The number of benzene rings is 2. The second-order valence-corrected chi connectivity index (χ2v) is 7.57. The summed E-state index contributed by atoms with van der Waals surface area (Å²) in [5.74, 6) is 0.708. The molecular weight excluding hydrogens is 354 g/mol. The number of hydrogen-bond donors (Lipinski definition) is 2. The number of amides is 2. The van der Waals surface area contributed by atoms with Crippen LogP contribution in [-0.2, 0) is 16.6 Å². The van der Waals surface area contributed by atoms with Gasteiger partial charge < -0.3 is 15.2 Å². The van der Waals surface area contributed by atoms with E-state index < -0.39 is 0 Å². The van der Waals surface area contributed by atoms with Gasteiger partial charge in [0, 0.05) is 22.7 Å². The fourth-order valence-corrected chi connectivity index (χ4v) is 2.56. The normalized spacial score (nSPS) is 11.1. The highest BCUT2D eigenvalue weighted by Crippen LogP contribution is 2.24. The van der Waals surface area contributed by atoms with Gasteiger partial charge in [0.05, 0.1) is 6.42 Å². The second-order valence-electron chi connectivity index (χ2n) is 7.57. The first-order chi connectivity index (χ1) is 13.3. The van der Waals surface area contributed by atoms with Crippen molar-refractivity contribution in [3.05, 3.63) is 77.6 Å². The van der Waals surface area contributed by atoms with Crippen LogP contribution in [0.1, 0.15) is 42.5 Å². The topological polar surface area (TPSA) is 84.2 Å². The number of hydrogen-bond acceptors (Lipinski definition) is 4. The first-order valence-corrected chi connectivity index (χ1v) is 9.04. The number of rotatable bonds is 5. The molecule has 6 heteroatoms. The largest absolute Gasteiger partial charge is 0.359 e. The molecule has 6 nitrogen and oxygen atoms in total. The minimum Gasteiger partial charge on any atom is -0.359 e. The number of carbonyl (C=O) groups is 2. The van der Waals surface area contributed by atoms with E-state index in [1.165, 1.54) is 0 Å². The summed E-state index contributed by atoms with van der Waals surface area (Å²) in [5.41, 5.74) is 1.89. The van der Waals surface area contributed by atoms with E-state index in [2.05, 4.69) is 15.8 Å². The van der Waals surface area contributed by atoms with Crippen LogP contribution in [0.4, 0.5) is 11.5 Å². The van der Waals surface area contributed by atoms with Gasteiger partial charge in [-0.05, 0) is 29.8 Å². The molecule has 3 rings (SSSR count). The maximum atomic E-state index is 12.3. The maximum Gasteiger partial charge on any atom is 0.255 e. The number of nitrogens with zero attached hydrogens (tertiary/aromatic N) is 1. The van der Waals surface area contributed by atoms with Crippen molar-refractivity contribution in [2.24, 2.45) is 0 Å². The van der Waals surface area contributed by atoms with Crippen LogP contribution in [0.25, 0.3) is 0 Å². The summed E-state index contributed by atoms with van der Waals surface area (Å²) in [6, 6.07) is 17.9. The fraction of sp³-hybridized carbons (Fsp3) is 0.227. The average Bonchev–Trinajstić information content (AvgIpc) is 3.12. The summed E-state index contributed by atoms with van der Waals surface area (Å²) in [6.07, 6.45) is 0.179. The fourth-order valence-electron chi connectivity index (χ4n) is 2.56. The van der Waals surface area contributed by atoms with Crippen LogP contribution in [0.5, 0.6) is 0 Å². The Labute approximate surface area is 163 Å². The summed E-state index contributed by atoms with van der Waals surface area (Å²) >= 11 is 0. The molecule has 0 radical (unpaired) electrons. The van der Waals surface area contributed by atoms with Gasteiger partial charge in [0.1, 0.15) is 5.76 Å². The smallest absolute Gasteiger partial charge is 0.255 e. The van der Waals surface area contributed by atoms with Crippen LogP contribution in [0.3, 0.4) is 0 Å². The molecule has 28 heavy (non-hydrogen) atoms. The molecule has 1 heterocycles. The third-order valence-electron chi connectivity index (χ3n) is 4.13. The Hall–Kier alpha value is -3.41. The highest BCUT2D eigenvalue weighted by molar-refractivity contribution is 6.04. The molecule has 0 saturated carbocycles. The van der Waals surface area contributed by atoms with E-state index >= 15 is 0 Å². The first kappa shape index (κ1) is 19.4. The zero-order chi connectivity index (χ0) is 20.1. The van der Waals surface area contributed by atoms with Crippen molar-refractivity contribution in [2.45, 2.75) is 32.6 Å². The summed E-state index contributed by atoms with van der Waals surface area (Å²) in [6.45, 7) is 6.03. The molecular formula is C22H23N3O3. The van der Waals surface area contributed by atoms with Crippen LogP contribution in [0.2, 0.25) is 0 Å². The lowest BCUT2D eigenvalue weighted by Gasteiger charge is -2.12. The number of anilines is 2. The Morgan fingerprint density at radius 2 is 1.64 bits per heavy atom. The number of nitrogens with one attached hydrogen (secondary N) is 2. The van der Waals surface area contributed by atoms with E-state index in [0.29, 0.717) is 17.1 Å². The molecule has 2 N–H and O–H groups in total. The third-order valence-corrected chi connectivity index (χ3v) is 4.13. The number of carbonyl (C=O) groups excluding carboxylic acids is 2. The third kappa shape index (κ3) is 5.07. The van der Waals surface area contributed by atoms with Crippen LogP contribution in [0, 0.1) is 0 Å². The van der Waals surface area contributed by atoms with Crippen molar-refractivity contribution >= 4 is 23.3 Å². The summed E-state index contributed by atoms with van der Waals surface area (Å²) in [5, 5.41) is 9.44. The number of aromatic nitrogens is 1. The average molecular weight is 377 g/mol. The Morgan fingerprint density at radius 3 is 2.25 bits per heavy atom. The van der Waals surface area contributed by atoms with Gasteiger partial charge in [-0.3, -0.25) is 9.59 Å². The van der Waals surface area contributed by atoms with Crippen molar-refractivity contribution in [3.63, 3.8) is 0 Å². The highest BCUT2D eigenvalue weighted by atomic mass is 16.5. The van der Waals surface area contributed by atoms with Crippen LogP contribution in [0.15, 0.2) is 65.2 Å². The molecule has 0 fully saturated rings. The second kappa shape index (κ2) is 8.08. The van der Waals surface area contributed by atoms with Gasteiger partial charge in [0.2, 0.25) is 5.91 Å². The van der Waals surface area contributed by atoms with Gasteiger partial charge in [-0.15, -0.1) is 0 Å². The van der Waals surface area contributed by atoms with Crippen LogP contribution < -0.4 is 10.6 Å². The first-order valence-electron chi connectivity index (χ1n) is 9.04. The summed E-state index contributed by atoms with van der Waals surface area (Å²) < 4.78 is 5.26. The Bertz CT molecular complexity index is 955. The lowest BCUT2D eigenvalue weighted by atomic mass is 9.93. The molecule has 0 atom stereocenters. The van der Waals surface area contributed by atoms with Gasteiger partial charge in [0.15, 0.2) is 5.82 Å². The van der Waals surface area contributed by atoms with Gasteiger partial charge >= 0.3 is 0 Å². The minimum atomic E-state index is -0.199. The van der Waals surface area contributed by atoms with Crippen molar-refractivity contribution in [2.75, 3.05) is 10.6 Å². The quantitative estimate of drug-likeness (QED) is 0.690. The van der Waals surface area contributed by atoms with Crippen LogP contribution in [-0.4, -0.2) is 17.0 Å². The molecule has 0 aliphatic heterocycles. The van der Waals surface area contributed by atoms with Gasteiger partial charge in [-0.25, -0.2) is 0 Å². The molecule has 3 aromatic rings. The van der Waals surface area contributed by atoms with Gasteiger partial charge in [-0.1, -0.05) is 56.3 Å².